The summed E-state index contributed by atoms with van der Waals surface area (Å²) < 4.78 is 10.9. The molecule has 5 heteroatoms. The number of para-hydroxylation sites is 1. The van der Waals surface area contributed by atoms with Gasteiger partial charge in [-0.2, -0.15) is 4.98 Å². The van der Waals surface area contributed by atoms with Gasteiger partial charge < -0.3 is 15.0 Å². The van der Waals surface area contributed by atoms with E-state index in [4.69, 9.17) is 15.0 Å². The quantitative estimate of drug-likeness (QED) is 0.927. The molecule has 2 rings (SSSR count). The average molecular weight is 275 g/mol. The molecule has 0 saturated heterocycles. The van der Waals surface area contributed by atoms with E-state index in [1.54, 1.807) is 0 Å². The van der Waals surface area contributed by atoms with Crippen LogP contribution in [0.5, 0.6) is 5.75 Å². The molecule has 0 aliphatic carbocycles. The minimum Gasteiger partial charge on any atom is -0.493 e. The van der Waals surface area contributed by atoms with Gasteiger partial charge in [0.1, 0.15) is 5.75 Å². The molecule has 0 saturated carbocycles. The van der Waals surface area contributed by atoms with Gasteiger partial charge in [-0.05, 0) is 24.5 Å². The van der Waals surface area contributed by atoms with E-state index in [1.165, 1.54) is 0 Å². The minimum atomic E-state index is -0.303. The van der Waals surface area contributed by atoms with Gasteiger partial charge in [0, 0.05) is 0 Å². The smallest absolute Gasteiger partial charge is 0.244 e. The third-order valence-electron chi connectivity index (χ3n) is 3.07. The van der Waals surface area contributed by atoms with Crippen molar-refractivity contribution in [2.45, 2.75) is 33.7 Å². The molecule has 1 heterocycles. The maximum atomic E-state index is 6.13. The van der Waals surface area contributed by atoms with E-state index in [0.29, 0.717) is 18.3 Å². The monoisotopic (exact) mass is 275 g/mol. The summed E-state index contributed by atoms with van der Waals surface area (Å²) in [5.74, 6) is 1.69. The number of nitrogens with zero attached hydrogens (tertiary/aromatic N) is 2. The van der Waals surface area contributed by atoms with E-state index in [1.807, 2.05) is 52.0 Å². The Labute approximate surface area is 119 Å². The molecule has 20 heavy (non-hydrogen) atoms. The van der Waals surface area contributed by atoms with E-state index < -0.39 is 0 Å². The van der Waals surface area contributed by atoms with Crippen molar-refractivity contribution in [3.05, 3.63) is 30.2 Å². The molecular weight excluding hydrogens is 254 g/mol. The first-order valence-electron chi connectivity index (χ1n) is 6.75. The van der Waals surface area contributed by atoms with Gasteiger partial charge in [-0.15, -0.1) is 0 Å². The van der Waals surface area contributed by atoms with Gasteiger partial charge in [-0.3, -0.25) is 0 Å². The second-order valence-corrected chi connectivity index (χ2v) is 5.73. The number of hydrogen-bond acceptors (Lipinski definition) is 5. The Morgan fingerprint density at radius 2 is 2.00 bits per heavy atom. The fraction of sp³-hybridized carbons (Fsp3) is 0.467. The Bertz CT molecular complexity index is 572. The lowest BCUT2D eigenvalue weighted by molar-refractivity contribution is 0.253. The summed E-state index contributed by atoms with van der Waals surface area (Å²) in [6, 6.07) is 7.32. The Morgan fingerprint density at radius 3 is 2.65 bits per heavy atom. The van der Waals surface area contributed by atoms with Crippen molar-refractivity contribution in [2.75, 3.05) is 6.61 Å². The number of aromatic nitrogens is 2. The zero-order valence-electron chi connectivity index (χ0n) is 12.4. The van der Waals surface area contributed by atoms with Crippen molar-refractivity contribution in [3.8, 4) is 17.1 Å². The lowest BCUT2D eigenvalue weighted by Gasteiger charge is -2.23. The number of rotatable bonds is 4. The highest BCUT2D eigenvalue weighted by molar-refractivity contribution is 5.63. The molecule has 108 valence electrons. The largest absolute Gasteiger partial charge is 0.493 e. The molecule has 0 aliphatic heterocycles. The molecule has 0 fully saturated rings. The van der Waals surface area contributed by atoms with Crippen molar-refractivity contribution < 1.29 is 9.26 Å². The summed E-state index contributed by atoms with van der Waals surface area (Å²) in [6.07, 6.45) is 0. The van der Waals surface area contributed by atoms with E-state index in [0.717, 1.165) is 11.3 Å². The third-order valence-corrected chi connectivity index (χ3v) is 3.07. The average Bonchev–Trinajstić information content (AvgIpc) is 2.87. The van der Waals surface area contributed by atoms with Crippen LogP contribution in [0, 0.1) is 5.41 Å². The van der Waals surface area contributed by atoms with Gasteiger partial charge in [0.25, 0.3) is 0 Å². The molecule has 0 amide bonds. The van der Waals surface area contributed by atoms with Crippen LogP contribution in [0.2, 0.25) is 0 Å². The second-order valence-electron chi connectivity index (χ2n) is 5.73. The molecule has 1 aromatic heterocycles. The predicted octanol–water partition coefficient (Wildman–Crippen LogP) is 3.18. The van der Waals surface area contributed by atoms with Crippen LogP contribution in [-0.2, 0) is 0 Å². The SMILES string of the molecule is CCOc1ccccc1-c1noc(C(N)C(C)(C)C)n1. The molecule has 0 radical (unpaired) electrons. The van der Waals surface area contributed by atoms with Crippen molar-refractivity contribution in [1.82, 2.24) is 10.1 Å². The summed E-state index contributed by atoms with van der Waals surface area (Å²) in [5, 5.41) is 4.02. The van der Waals surface area contributed by atoms with Gasteiger partial charge in [-0.25, -0.2) is 0 Å². The van der Waals surface area contributed by atoms with Gasteiger partial charge in [0.05, 0.1) is 18.2 Å². The number of ether oxygens (including phenoxy) is 1. The molecule has 0 aliphatic rings. The summed E-state index contributed by atoms with van der Waals surface area (Å²) in [6.45, 7) is 8.64. The summed E-state index contributed by atoms with van der Waals surface area (Å²) in [7, 11) is 0. The Kier molecular flexibility index (Phi) is 4.09. The van der Waals surface area contributed by atoms with E-state index >= 15 is 0 Å². The Balaban J connectivity index is 2.34. The molecule has 1 unspecified atom stereocenters. The first kappa shape index (κ1) is 14.5. The standard InChI is InChI=1S/C15H21N3O2/c1-5-19-11-9-7-6-8-10(11)13-17-14(20-18-13)12(16)15(2,3)4/h6-9,12H,5,16H2,1-4H3. The van der Waals surface area contributed by atoms with Crippen LogP contribution in [0.1, 0.15) is 39.6 Å². The van der Waals surface area contributed by atoms with Gasteiger partial charge in [-0.1, -0.05) is 38.1 Å². The number of benzene rings is 1. The van der Waals surface area contributed by atoms with E-state index in [9.17, 15) is 0 Å². The molecule has 0 bridgehead atoms. The normalized spacial score (nSPS) is 13.2. The second kappa shape index (κ2) is 5.63. The lowest BCUT2D eigenvalue weighted by atomic mass is 9.87. The zero-order chi connectivity index (χ0) is 14.8. The maximum Gasteiger partial charge on any atom is 0.244 e. The first-order valence-corrected chi connectivity index (χ1v) is 6.75. The summed E-state index contributed by atoms with van der Waals surface area (Å²) in [5.41, 5.74) is 6.81. The fourth-order valence-electron chi connectivity index (χ4n) is 1.77. The highest BCUT2D eigenvalue weighted by Gasteiger charge is 2.28. The fourth-order valence-corrected chi connectivity index (χ4v) is 1.77. The third kappa shape index (κ3) is 2.99. The lowest BCUT2D eigenvalue weighted by Crippen LogP contribution is -2.26. The molecule has 1 atom stereocenters. The topological polar surface area (TPSA) is 74.2 Å². The minimum absolute atomic E-state index is 0.136. The van der Waals surface area contributed by atoms with Crippen LogP contribution in [0.4, 0.5) is 0 Å². The number of hydrogen-bond donors (Lipinski definition) is 1. The highest BCUT2D eigenvalue weighted by atomic mass is 16.5. The van der Waals surface area contributed by atoms with Crippen molar-refractivity contribution in [3.63, 3.8) is 0 Å². The maximum absolute atomic E-state index is 6.13. The van der Waals surface area contributed by atoms with Crippen molar-refractivity contribution >= 4 is 0 Å². The van der Waals surface area contributed by atoms with Crippen LogP contribution in [0.15, 0.2) is 28.8 Å². The highest BCUT2D eigenvalue weighted by Crippen LogP contribution is 2.32. The van der Waals surface area contributed by atoms with E-state index in [2.05, 4.69) is 10.1 Å². The van der Waals surface area contributed by atoms with E-state index in [-0.39, 0.29) is 11.5 Å². The molecule has 5 nitrogen and oxygen atoms in total. The Morgan fingerprint density at radius 1 is 1.30 bits per heavy atom. The van der Waals surface area contributed by atoms with Crippen LogP contribution in [-0.4, -0.2) is 16.7 Å². The number of nitrogens with two attached hydrogens (primary N) is 1. The van der Waals surface area contributed by atoms with Gasteiger partial charge in [0.2, 0.25) is 11.7 Å². The van der Waals surface area contributed by atoms with Gasteiger partial charge >= 0.3 is 0 Å². The van der Waals surface area contributed by atoms with Crippen LogP contribution in [0.3, 0.4) is 0 Å². The Hall–Kier alpha value is -1.88. The zero-order valence-corrected chi connectivity index (χ0v) is 12.4. The van der Waals surface area contributed by atoms with Crippen LogP contribution >= 0.6 is 0 Å². The van der Waals surface area contributed by atoms with Crippen molar-refractivity contribution in [1.29, 1.82) is 0 Å². The molecular formula is C15H21N3O2. The predicted molar refractivity (Wildman–Crippen MR) is 77.3 cm³/mol. The van der Waals surface area contributed by atoms with Crippen LogP contribution in [0.25, 0.3) is 11.4 Å². The molecule has 0 spiro atoms. The molecule has 1 aromatic carbocycles. The summed E-state index contributed by atoms with van der Waals surface area (Å²) in [4.78, 5) is 4.41. The van der Waals surface area contributed by atoms with Crippen LogP contribution < -0.4 is 10.5 Å². The molecule has 2 aromatic rings. The van der Waals surface area contributed by atoms with Gasteiger partial charge in [0.15, 0.2) is 0 Å². The van der Waals surface area contributed by atoms with Crippen molar-refractivity contribution in [2.24, 2.45) is 11.1 Å². The first-order chi connectivity index (χ1) is 9.43. The summed E-state index contributed by atoms with van der Waals surface area (Å²) >= 11 is 0. The molecule has 2 N–H and O–H groups in total.